The number of amides is 1. The zero-order valence-electron chi connectivity index (χ0n) is 17.3. The molecule has 0 bridgehead atoms. The third-order valence-corrected chi connectivity index (χ3v) is 5.02. The molecule has 5 heteroatoms. The summed E-state index contributed by atoms with van der Waals surface area (Å²) in [4.78, 5) is 23.2. The topological polar surface area (TPSA) is 86.6 Å². The Morgan fingerprint density at radius 2 is 1.32 bits per heavy atom. The minimum atomic E-state index is -1.17. The lowest BCUT2D eigenvalue weighted by Gasteiger charge is -2.09. The summed E-state index contributed by atoms with van der Waals surface area (Å²) in [6.07, 6.45) is 16.7. The summed E-state index contributed by atoms with van der Waals surface area (Å²) in [5, 5.41) is 21.2. The molecular formula is C23H37NO4. The van der Waals surface area contributed by atoms with Gasteiger partial charge in [-0.25, -0.2) is 4.79 Å². The Labute approximate surface area is 169 Å². The number of aromatic hydroxyl groups is 1. The quantitative estimate of drug-likeness (QED) is 0.221. The number of rotatable bonds is 16. The zero-order valence-corrected chi connectivity index (χ0v) is 17.3. The van der Waals surface area contributed by atoms with E-state index in [2.05, 4.69) is 12.2 Å². The second-order valence-electron chi connectivity index (χ2n) is 7.58. The van der Waals surface area contributed by atoms with Crippen LogP contribution in [0.25, 0.3) is 0 Å². The van der Waals surface area contributed by atoms with Crippen molar-refractivity contribution >= 4 is 17.6 Å². The van der Waals surface area contributed by atoms with Crippen LogP contribution in [0.3, 0.4) is 0 Å². The van der Waals surface area contributed by atoms with Gasteiger partial charge in [-0.3, -0.25) is 4.79 Å². The van der Waals surface area contributed by atoms with Gasteiger partial charge in [-0.2, -0.15) is 0 Å². The van der Waals surface area contributed by atoms with E-state index in [9.17, 15) is 14.7 Å². The minimum Gasteiger partial charge on any atom is -0.508 e. The summed E-state index contributed by atoms with van der Waals surface area (Å²) in [5.41, 5.74) is 0.128. The highest BCUT2D eigenvalue weighted by molar-refractivity contribution is 6.00. The number of carbonyl (C=O) groups excluding carboxylic acids is 1. The average Bonchev–Trinajstić information content (AvgIpc) is 2.66. The van der Waals surface area contributed by atoms with E-state index in [0.29, 0.717) is 6.42 Å². The van der Waals surface area contributed by atoms with Crippen molar-refractivity contribution in [3.63, 3.8) is 0 Å². The van der Waals surface area contributed by atoms with Crippen molar-refractivity contribution in [2.45, 2.75) is 96.8 Å². The van der Waals surface area contributed by atoms with Crippen LogP contribution < -0.4 is 5.32 Å². The lowest BCUT2D eigenvalue weighted by Crippen LogP contribution is -2.14. The number of carboxylic acid groups (broad SMARTS) is 1. The Balaban J connectivity index is 2.04. The Kier molecular flexibility index (Phi) is 12.8. The molecule has 0 aliphatic rings. The number of aromatic carboxylic acids is 1. The molecule has 0 atom stereocenters. The highest BCUT2D eigenvalue weighted by atomic mass is 16.4. The molecule has 0 spiro atoms. The first-order chi connectivity index (χ1) is 13.5. The van der Waals surface area contributed by atoms with Gasteiger partial charge in [0.25, 0.3) is 0 Å². The number of carboxylic acids is 1. The van der Waals surface area contributed by atoms with Gasteiger partial charge >= 0.3 is 5.97 Å². The number of anilines is 1. The number of phenolic OH excluding ortho intramolecular Hbond substituents is 1. The van der Waals surface area contributed by atoms with E-state index in [1.807, 2.05) is 0 Å². The van der Waals surface area contributed by atoms with Crippen molar-refractivity contribution in [1.82, 2.24) is 0 Å². The molecule has 0 unspecified atom stereocenters. The van der Waals surface area contributed by atoms with E-state index in [1.54, 1.807) is 0 Å². The van der Waals surface area contributed by atoms with E-state index in [0.717, 1.165) is 25.3 Å². The normalized spacial score (nSPS) is 10.8. The second kappa shape index (κ2) is 14.9. The van der Waals surface area contributed by atoms with Gasteiger partial charge in [-0.1, -0.05) is 84.0 Å². The molecule has 0 aromatic heterocycles. The molecule has 28 heavy (non-hydrogen) atoms. The molecule has 1 aromatic carbocycles. The largest absolute Gasteiger partial charge is 0.508 e. The molecule has 3 N–H and O–H groups in total. The number of nitrogens with one attached hydrogen (secondary N) is 1. The van der Waals surface area contributed by atoms with Gasteiger partial charge in [0.1, 0.15) is 5.75 Å². The molecule has 1 aromatic rings. The Morgan fingerprint density at radius 3 is 1.82 bits per heavy atom. The highest BCUT2D eigenvalue weighted by Crippen LogP contribution is 2.22. The SMILES string of the molecule is CCCCCCCCCCCCCCCC(=O)Nc1ccc(O)cc1C(=O)O. The van der Waals surface area contributed by atoms with E-state index >= 15 is 0 Å². The van der Waals surface area contributed by atoms with Gasteiger partial charge in [0, 0.05) is 6.42 Å². The molecule has 158 valence electrons. The number of hydrogen-bond acceptors (Lipinski definition) is 3. The summed E-state index contributed by atoms with van der Waals surface area (Å²) < 4.78 is 0. The van der Waals surface area contributed by atoms with Gasteiger partial charge in [0.05, 0.1) is 11.3 Å². The predicted octanol–water partition coefficient (Wildman–Crippen LogP) is 6.51. The number of phenols is 1. The number of carbonyl (C=O) groups is 2. The first-order valence-corrected chi connectivity index (χ1v) is 10.9. The Bertz CT molecular complexity index is 586. The molecule has 0 aliphatic carbocycles. The van der Waals surface area contributed by atoms with Gasteiger partial charge in [-0.15, -0.1) is 0 Å². The van der Waals surface area contributed by atoms with Crippen LogP contribution in [0.15, 0.2) is 18.2 Å². The van der Waals surface area contributed by atoms with Crippen LogP contribution in [0.1, 0.15) is 107 Å². The monoisotopic (exact) mass is 391 g/mol. The predicted molar refractivity (Wildman–Crippen MR) is 114 cm³/mol. The van der Waals surface area contributed by atoms with Crippen molar-refractivity contribution in [3.8, 4) is 5.75 Å². The van der Waals surface area contributed by atoms with E-state index in [-0.39, 0.29) is 22.9 Å². The molecule has 0 heterocycles. The molecule has 0 saturated carbocycles. The van der Waals surface area contributed by atoms with Gasteiger partial charge in [0.15, 0.2) is 0 Å². The first kappa shape index (κ1) is 24.0. The second-order valence-corrected chi connectivity index (χ2v) is 7.58. The fourth-order valence-corrected chi connectivity index (χ4v) is 3.33. The smallest absolute Gasteiger partial charge is 0.337 e. The maximum Gasteiger partial charge on any atom is 0.337 e. The van der Waals surface area contributed by atoms with E-state index in [4.69, 9.17) is 5.11 Å². The Morgan fingerprint density at radius 1 is 0.821 bits per heavy atom. The minimum absolute atomic E-state index is 0.0984. The maximum absolute atomic E-state index is 12.0. The van der Waals surface area contributed by atoms with Crippen molar-refractivity contribution in [1.29, 1.82) is 0 Å². The molecular weight excluding hydrogens is 354 g/mol. The molecule has 5 nitrogen and oxygen atoms in total. The molecule has 0 radical (unpaired) electrons. The number of benzene rings is 1. The van der Waals surface area contributed by atoms with Crippen LogP contribution in [0.5, 0.6) is 5.75 Å². The average molecular weight is 392 g/mol. The molecule has 0 fully saturated rings. The van der Waals surface area contributed by atoms with Crippen LogP contribution in [0.4, 0.5) is 5.69 Å². The summed E-state index contributed by atoms with van der Waals surface area (Å²) in [6.45, 7) is 2.25. The molecule has 0 aliphatic heterocycles. The van der Waals surface area contributed by atoms with Crippen LogP contribution in [0, 0.1) is 0 Å². The van der Waals surface area contributed by atoms with Crippen LogP contribution >= 0.6 is 0 Å². The van der Waals surface area contributed by atoms with Gasteiger partial charge in [0.2, 0.25) is 5.91 Å². The third kappa shape index (κ3) is 11.0. The standard InChI is InChI=1S/C23H37NO4/c1-2-3-4-5-6-7-8-9-10-11-12-13-14-15-22(26)24-21-17-16-19(25)18-20(21)23(27)28/h16-18,25H,2-15H2,1H3,(H,24,26)(H,27,28). The van der Waals surface area contributed by atoms with Crippen LogP contribution in [-0.2, 0) is 4.79 Å². The lowest BCUT2D eigenvalue weighted by atomic mass is 10.0. The maximum atomic E-state index is 12.0. The van der Waals surface area contributed by atoms with Gasteiger partial charge in [-0.05, 0) is 24.6 Å². The third-order valence-electron chi connectivity index (χ3n) is 5.02. The van der Waals surface area contributed by atoms with Crippen molar-refractivity contribution < 1.29 is 19.8 Å². The van der Waals surface area contributed by atoms with Crippen molar-refractivity contribution in [2.75, 3.05) is 5.32 Å². The zero-order chi connectivity index (χ0) is 20.6. The van der Waals surface area contributed by atoms with Crippen molar-refractivity contribution in [3.05, 3.63) is 23.8 Å². The number of unbranched alkanes of at least 4 members (excludes halogenated alkanes) is 12. The molecule has 0 saturated heterocycles. The summed E-state index contributed by atoms with van der Waals surface area (Å²) in [6, 6.07) is 3.93. The van der Waals surface area contributed by atoms with Crippen molar-refractivity contribution in [2.24, 2.45) is 0 Å². The summed E-state index contributed by atoms with van der Waals surface area (Å²) in [5.74, 6) is -1.49. The summed E-state index contributed by atoms with van der Waals surface area (Å²) >= 11 is 0. The molecule has 1 rings (SSSR count). The lowest BCUT2D eigenvalue weighted by molar-refractivity contribution is -0.116. The molecule has 1 amide bonds. The summed E-state index contributed by atoms with van der Waals surface area (Å²) in [7, 11) is 0. The first-order valence-electron chi connectivity index (χ1n) is 10.9. The fourth-order valence-electron chi connectivity index (χ4n) is 3.33. The Hall–Kier alpha value is -2.04. The van der Waals surface area contributed by atoms with E-state index < -0.39 is 5.97 Å². The van der Waals surface area contributed by atoms with Crippen LogP contribution in [0.2, 0.25) is 0 Å². The highest BCUT2D eigenvalue weighted by Gasteiger charge is 2.13. The number of hydrogen-bond donors (Lipinski definition) is 3. The fraction of sp³-hybridized carbons (Fsp3) is 0.652. The van der Waals surface area contributed by atoms with Gasteiger partial charge < -0.3 is 15.5 Å². The van der Waals surface area contributed by atoms with Crippen LogP contribution in [-0.4, -0.2) is 22.1 Å². The van der Waals surface area contributed by atoms with E-state index in [1.165, 1.54) is 76.3 Å².